The van der Waals surface area contributed by atoms with Gasteiger partial charge in [-0.3, -0.25) is 0 Å². The summed E-state index contributed by atoms with van der Waals surface area (Å²) in [5.41, 5.74) is -15.1. The lowest BCUT2D eigenvalue weighted by atomic mass is 9.85. The van der Waals surface area contributed by atoms with Crippen LogP contribution < -0.4 is 0 Å². The van der Waals surface area contributed by atoms with E-state index in [9.17, 15) is 68.0 Å². The van der Waals surface area contributed by atoms with Gasteiger partial charge in [-0.05, 0) is 41.8 Å². The number of phenols is 1. The highest BCUT2D eigenvalue weighted by Gasteiger charge is 2.72. The third kappa shape index (κ3) is 5.02. The van der Waals surface area contributed by atoms with E-state index in [0.29, 0.717) is 18.2 Å². The molecular formula is C16H12F12O3. The van der Waals surface area contributed by atoms with Crippen molar-refractivity contribution in [2.75, 3.05) is 0 Å². The molecule has 0 bridgehead atoms. The van der Waals surface area contributed by atoms with Gasteiger partial charge in [0.25, 0.3) is 11.2 Å². The Morgan fingerprint density at radius 2 is 1.19 bits per heavy atom. The monoisotopic (exact) mass is 480 g/mol. The number of phenolic OH excluding ortho intramolecular Hbond substituents is 1. The first-order valence-corrected chi connectivity index (χ1v) is 7.71. The zero-order chi connectivity index (χ0) is 24.8. The predicted octanol–water partition coefficient (Wildman–Crippen LogP) is 5.19. The Balaban J connectivity index is 3.94. The molecule has 1 rings (SSSR count). The lowest BCUT2D eigenvalue weighted by molar-refractivity contribution is -0.366. The van der Waals surface area contributed by atoms with Crippen LogP contribution in [0.5, 0.6) is 5.75 Å². The summed E-state index contributed by atoms with van der Waals surface area (Å²) in [4.78, 5) is 0. The van der Waals surface area contributed by atoms with Crippen molar-refractivity contribution in [1.29, 1.82) is 0 Å². The maximum Gasteiger partial charge on any atom is 0.430 e. The molecule has 0 fully saturated rings. The van der Waals surface area contributed by atoms with Gasteiger partial charge < -0.3 is 15.3 Å². The lowest BCUT2D eigenvalue weighted by Gasteiger charge is -2.35. The molecule has 0 amide bonds. The summed E-state index contributed by atoms with van der Waals surface area (Å²) in [5.74, 6) is -0.646. The average Bonchev–Trinajstić information content (AvgIpc) is 2.52. The first kappa shape index (κ1) is 26.9. The van der Waals surface area contributed by atoms with Crippen molar-refractivity contribution >= 4 is 5.57 Å². The summed E-state index contributed by atoms with van der Waals surface area (Å²) in [6.45, 7) is 0.982. The van der Waals surface area contributed by atoms with Gasteiger partial charge in [0, 0.05) is 6.42 Å². The standard InChI is InChI=1S/C16H12F12O3/c1-7-4-8(2-3-10(7)29)9(5-11(30,13(17,18)19)14(20,21)22)6-12(31,15(23,24)25)16(26,27)28/h2-5,29-31H,6H2,1H3/b9-5+. The number of alkyl halides is 12. The molecule has 0 aliphatic carbocycles. The molecular weight excluding hydrogens is 468 g/mol. The smallest absolute Gasteiger partial charge is 0.430 e. The summed E-state index contributed by atoms with van der Waals surface area (Å²) in [7, 11) is 0. The molecule has 0 aliphatic heterocycles. The third-order valence-corrected chi connectivity index (χ3v) is 4.20. The van der Waals surface area contributed by atoms with Crippen molar-refractivity contribution in [3.63, 3.8) is 0 Å². The summed E-state index contributed by atoms with van der Waals surface area (Å²) < 4.78 is 156. The van der Waals surface area contributed by atoms with Gasteiger partial charge in [-0.15, -0.1) is 0 Å². The second kappa shape index (κ2) is 7.76. The number of halogens is 12. The van der Waals surface area contributed by atoms with E-state index >= 15 is 0 Å². The van der Waals surface area contributed by atoms with E-state index in [1.807, 2.05) is 0 Å². The molecule has 31 heavy (non-hydrogen) atoms. The molecule has 0 atom stereocenters. The fourth-order valence-electron chi connectivity index (χ4n) is 2.30. The van der Waals surface area contributed by atoms with Gasteiger partial charge >= 0.3 is 24.7 Å². The van der Waals surface area contributed by atoms with Crippen molar-refractivity contribution in [2.24, 2.45) is 0 Å². The molecule has 0 saturated carbocycles. The van der Waals surface area contributed by atoms with Crippen LogP contribution in [0.25, 0.3) is 5.57 Å². The van der Waals surface area contributed by atoms with Crippen LogP contribution in [0.3, 0.4) is 0 Å². The lowest BCUT2D eigenvalue weighted by Crippen LogP contribution is -2.58. The van der Waals surface area contributed by atoms with Gasteiger partial charge in [-0.25, -0.2) is 0 Å². The van der Waals surface area contributed by atoms with Crippen molar-refractivity contribution in [1.82, 2.24) is 0 Å². The van der Waals surface area contributed by atoms with Gasteiger partial charge in [0.2, 0.25) is 0 Å². The van der Waals surface area contributed by atoms with Crippen LogP contribution in [-0.4, -0.2) is 51.2 Å². The van der Waals surface area contributed by atoms with Crippen LogP contribution in [0.1, 0.15) is 17.5 Å². The molecule has 3 N–H and O–H groups in total. The molecule has 3 nitrogen and oxygen atoms in total. The van der Waals surface area contributed by atoms with E-state index < -0.39 is 65.3 Å². The van der Waals surface area contributed by atoms with E-state index in [4.69, 9.17) is 0 Å². The maximum absolute atomic E-state index is 13.0. The maximum atomic E-state index is 13.0. The highest BCUT2D eigenvalue weighted by Crippen LogP contribution is 2.51. The topological polar surface area (TPSA) is 60.7 Å². The second-order valence-electron chi connectivity index (χ2n) is 6.47. The number of hydrogen-bond donors (Lipinski definition) is 3. The highest BCUT2D eigenvalue weighted by atomic mass is 19.4. The average molecular weight is 480 g/mol. The van der Waals surface area contributed by atoms with Crippen molar-refractivity contribution in [3.8, 4) is 5.75 Å². The minimum Gasteiger partial charge on any atom is -0.508 e. The molecule has 15 heteroatoms. The molecule has 0 unspecified atom stereocenters. The molecule has 0 aromatic heterocycles. The molecule has 0 saturated heterocycles. The molecule has 1 aromatic carbocycles. The van der Waals surface area contributed by atoms with Gasteiger partial charge in [0.05, 0.1) is 0 Å². The second-order valence-corrected chi connectivity index (χ2v) is 6.47. The summed E-state index contributed by atoms with van der Waals surface area (Å²) in [6, 6.07) is 1.45. The molecule has 0 radical (unpaired) electrons. The van der Waals surface area contributed by atoms with Gasteiger partial charge in [0.1, 0.15) is 5.75 Å². The molecule has 0 aliphatic rings. The number of aromatic hydroxyl groups is 1. The summed E-state index contributed by atoms with van der Waals surface area (Å²) in [5, 5.41) is 27.8. The van der Waals surface area contributed by atoms with Gasteiger partial charge in [-0.2, -0.15) is 52.7 Å². The van der Waals surface area contributed by atoms with Crippen LogP contribution in [-0.2, 0) is 0 Å². The number of benzene rings is 1. The van der Waals surface area contributed by atoms with Crippen LogP contribution >= 0.6 is 0 Å². The number of rotatable bonds is 4. The van der Waals surface area contributed by atoms with E-state index in [1.165, 1.54) is 0 Å². The molecule has 1 aromatic rings. The Morgan fingerprint density at radius 3 is 1.52 bits per heavy atom. The Morgan fingerprint density at radius 1 is 0.774 bits per heavy atom. The van der Waals surface area contributed by atoms with Crippen LogP contribution in [0.2, 0.25) is 0 Å². The predicted molar refractivity (Wildman–Crippen MR) is 79.6 cm³/mol. The summed E-state index contributed by atoms with van der Waals surface area (Å²) >= 11 is 0. The molecule has 178 valence electrons. The van der Waals surface area contributed by atoms with Gasteiger partial charge in [-0.1, -0.05) is 6.07 Å². The van der Waals surface area contributed by atoms with Crippen LogP contribution in [0, 0.1) is 6.92 Å². The Hall–Kier alpha value is -2.16. The summed E-state index contributed by atoms with van der Waals surface area (Å²) in [6.07, 6.45) is -30.5. The van der Waals surface area contributed by atoms with E-state index in [0.717, 1.165) is 6.92 Å². The Kier molecular flexibility index (Phi) is 6.73. The SMILES string of the molecule is Cc1cc(/C(=C/C(O)(C(F)(F)F)C(F)(F)F)CC(O)(C(F)(F)F)C(F)(F)F)ccc1O. The van der Waals surface area contributed by atoms with Crippen LogP contribution in [0.4, 0.5) is 52.7 Å². The van der Waals surface area contributed by atoms with Crippen molar-refractivity contribution in [3.05, 3.63) is 35.4 Å². The molecule has 0 heterocycles. The molecule has 0 spiro atoms. The zero-order valence-corrected chi connectivity index (χ0v) is 14.9. The van der Waals surface area contributed by atoms with Gasteiger partial charge in [0.15, 0.2) is 0 Å². The van der Waals surface area contributed by atoms with Crippen molar-refractivity contribution < 1.29 is 68.0 Å². The number of hydrogen-bond acceptors (Lipinski definition) is 3. The Labute approximate surface area is 165 Å². The normalized spacial score (nSPS) is 15.4. The van der Waals surface area contributed by atoms with E-state index in [1.54, 1.807) is 0 Å². The number of aliphatic hydroxyl groups is 2. The Bertz CT molecular complexity index is 802. The number of aryl methyl sites for hydroxylation is 1. The third-order valence-electron chi connectivity index (χ3n) is 4.20. The zero-order valence-electron chi connectivity index (χ0n) is 14.9. The minimum absolute atomic E-state index is 0.353. The fraction of sp³-hybridized carbons (Fsp3) is 0.500. The van der Waals surface area contributed by atoms with E-state index in [2.05, 4.69) is 0 Å². The van der Waals surface area contributed by atoms with E-state index in [-0.39, 0.29) is 5.56 Å². The largest absolute Gasteiger partial charge is 0.508 e. The first-order valence-electron chi connectivity index (χ1n) is 7.71. The quantitative estimate of drug-likeness (QED) is 0.521. The van der Waals surface area contributed by atoms with Crippen molar-refractivity contribution in [2.45, 2.75) is 49.3 Å². The van der Waals surface area contributed by atoms with Crippen LogP contribution in [0.15, 0.2) is 24.3 Å². The first-order chi connectivity index (χ1) is 13.5. The highest BCUT2D eigenvalue weighted by molar-refractivity contribution is 5.69. The fourth-order valence-corrected chi connectivity index (χ4v) is 2.30. The minimum atomic E-state index is -6.61.